The van der Waals surface area contributed by atoms with E-state index in [1.807, 2.05) is 4.57 Å². The fourth-order valence-electron chi connectivity index (χ4n) is 3.40. The third kappa shape index (κ3) is 3.85. The Balaban J connectivity index is 1.65. The second-order valence-corrected chi connectivity index (χ2v) is 7.96. The first-order valence-electron chi connectivity index (χ1n) is 9.58. The number of fused-ring (bicyclic) bond motifs is 1. The van der Waals surface area contributed by atoms with Gasteiger partial charge in [-0.2, -0.15) is 0 Å². The Kier molecular flexibility index (Phi) is 4.82. The molecule has 0 unspecified atom stereocenters. The molecule has 1 saturated carbocycles. The van der Waals surface area contributed by atoms with Gasteiger partial charge in [0, 0.05) is 6.04 Å². The number of hydrogen-bond acceptors (Lipinski definition) is 4. The average molecular weight is 400 g/mol. The van der Waals surface area contributed by atoms with E-state index in [2.05, 4.69) is 15.3 Å². The molecule has 8 heteroatoms. The number of amides is 1. The van der Waals surface area contributed by atoms with Gasteiger partial charge in [-0.25, -0.2) is 18.7 Å². The van der Waals surface area contributed by atoms with Crippen LogP contribution in [0.1, 0.15) is 50.4 Å². The normalized spacial score (nSPS) is 14.8. The second-order valence-electron chi connectivity index (χ2n) is 7.96. The summed E-state index contributed by atoms with van der Waals surface area (Å²) in [6.45, 7) is 3.32. The van der Waals surface area contributed by atoms with E-state index in [1.165, 1.54) is 6.07 Å². The highest BCUT2D eigenvalue weighted by molar-refractivity contribution is 5.92. The smallest absolute Gasteiger partial charge is 0.231 e. The predicted molar refractivity (Wildman–Crippen MR) is 104 cm³/mol. The molecule has 2 N–H and O–H groups in total. The van der Waals surface area contributed by atoms with Crippen LogP contribution in [0.3, 0.4) is 0 Å². The van der Waals surface area contributed by atoms with Crippen molar-refractivity contribution < 1.29 is 18.7 Å². The van der Waals surface area contributed by atoms with Crippen LogP contribution in [0.15, 0.2) is 30.3 Å². The molecule has 3 aromatic rings. The van der Waals surface area contributed by atoms with Crippen molar-refractivity contribution in [1.82, 2.24) is 14.5 Å². The topological polar surface area (TPSA) is 80.0 Å². The summed E-state index contributed by atoms with van der Waals surface area (Å²) in [6, 6.07) is 7.06. The summed E-state index contributed by atoms with van der Waals surface area (Å²) in [5.74, 6) is -1.94. The zero-order valence-corrected chi connectivity index (χ0v) is 16.2. The van der Waals surface area contributed by atoms with Crippen LogP contribution in [-0.4, -0.2) is 25.5 Å². The molecule has 0 radical (unpaired) electrons. The van der Waals surface area contributed by atoms with Crippen LogP contribution < -0.4 is 5.32 Å². The first-order chi connectivity index (χ1) is 13.7. The van der Waals surface area contributed by atoms with Gasteiger partial charge in [-0.05, 0) is 62.9 Å². The maximum absolute atomic E-state index is 13.4. The first kappa shape index (κ1) is 19.4. The van der Waals surface area contributed by atoms with Gasteiger partial charge >= 0.3 is 0 Å². The van der Waals surface area contributed by atoms with Crippen LogP contribution in [0.25, 0.3) is 11.2 Å². The highest BCUT2D eigenvalue weighted by atomic mass is 19.2. The van der Waals surface area contributed by atoms with Crippen molar-refractivity contribution in [3.05, 3.63) is 53.2 Å². The number of aromatic nitrogens is 3. The third-order valence-corrected chi connectivity index (χ3v) is 5.20. The van der Waals surface area contributed by atoms with Gasteiger partial charge in [-0.1, -0.05) is 6.07 Å². The second kappa shape index (κ2) is 7.18. The molecule has 0 bridgehead atoms. The Morgan fingerprint density at radius 2 is 1.97 bits per heavy atom. The van der Waals surface area contributed by atoms with Gasteiger partial charge in [0.1, 0.15) is 11.1 Å². The van der Waals surface area contributed by atoms with Crippen LogP contribution in [0.2, 0.25) is 0 Å². The van der Waals surface area contributed by atoms with Crippen molar-refractivity contribution in [1.29, 1.82) is 0 Å². The highest BCUT2D eigenvalue weighted by Gasteiger charge is 2.28. The van der Waals surface area contributed by atoms with E-state index in [0.717, 1.165) is 31.4 Å². The molecular formula is C21H22F2N4O2. The molecule has 2 aromatic heterocycles. The van der Waals surface area contributed by atoms with Gasteiger partial charge in [0.25, 0.3) is 0 Å². The van der Waals surface area contributed by atoms with Gasteiger partial charge in [-0.3, -0.25) is 14.7 Å². The molecule has 0 saturated heterocycles. The van der Waals surface area contributed by atoms with E-state index >= 15 is 0 Å². The lowest BCUT2D eigenvalue weighted by molar-refractivity contribution is -0.115. The summed E-state index contributed by atoms with van der Waals surface area (Å²) >= 11 is 0. The Morgan fingerprint density at radius 3 is 2.59 bits per heavy atom. The number of benzene rings is 1. The molecule has 1 amide bonds. The lowest BCUT2D eigenvalue weighted by Crippen LogP contribution is -2.24. The van der Waals surface area contributed by atoms with Crippen LogP contribution in [-0.2, 0) is 16.8 Å². The maximum atomic E-state index is 13.4. The van der Waals surface area contributed by atoms with E-state index in [-0.39, 0.29) is 18.4 Å². The summed E-state index contributed by atoms with van der Waals surface area (Å²) in [5, 5.41) is 13.1. The van der Waals surface area contributed by atoms with Crippen molar-refractivity contribution in [3.8, 4) is 0 Å². The Hall–Kier alpha value is -2.87. The quantitative estimate of drug-likeness (QED) is 0.682. The maximum Gasteiger partial charge on any atom is 0.231 e. The Morgan fingerprint density at radius 1 is 1.21 bits per heavy atom. The molecule has 1 fully saturated rings. The molecule has 152 valence electrons. The summed E-state index contributed by atoms with van der Waals surface area (Å²) in [7, 11) is 0. The van der Waals surface area contributed by atoms with E-state index in [1.54, 1.807) is 26.0 Å². The fraction of sp³-hybridized carbons (Fsp3) is 0.381. The summed E-state index contributed by atoms with van der Waals surface area (Å²) in [4.78, 5) is 21.6. The van der Waals surface area contributed by atoms with Gasteiger partial charge in [0.05, 0.1) is 12.1 Å². The van der Waals surface area contributed by atoms with Crippen LogP contribution in [0.5, 0.6) is 0 Å². The molecule has 2 heterocycles. The van der Waals surface area contributed by atoms with E-state index in [0.29, 0.717) is 28.4 Å². The van der Waals surface area contributed by atoms with Crippen molar-refractivity contribution in [2.75, 3.05) is 5.32 Å². The van der Waals surface area contributed by atoms with Crippen LogP contribution in [0, 0.1) is 11.6 Å². The van der Waals surface area contributed by atoms with Crippen molar-refractivity contribution in [2.24, 2.45) is 0 Å². The minimum atomic E-state index is -1.10. The number of pyridine rings is 1. The van der Waals surface area contributed by atoms with E-state index < -0.39 is 17.2 Å². The number of halogens is 2. The lowest BCUT2D eigenvalue weighted by Gasteiger charge is -2.28. The highest BCUT2D eigenvalue weighted by Crippen LogP contribution is 2.37. The number of aliphatic hydroxyl groups is 1. The molecule has 6 nitrogen and oxygen atoms in total. The van der Waals surface area contributed by atoms with Crippen LogP contribution in [0.4, 0.5) is 14.7 Å². The summed E-state index contributed by atoms with van der Waals surface area (Å²) < 4.78 is 28.4. The minimum Gasteiger partial charge on any atom is -0.384 e. The number of carbonyl (C=O) groups excluding carboxylic acids is 1. The summed E-state index contributed by atoms with van der Waals surface area (Å²) in [6.07, 6.45) is 2.88. The monoisotopic (exact) mass is 400 g/mol. The molecule has 0 spiro atoms. The van der Waals surface area contributed by atoms with E-state index in [4.69, 9.17) is 0 Å². The largest absolute Gasteiger partial charge is 0.384 e. The summed E-state index contributed by atoms with van der Waals surface area (Å²) in [5.41, 5.74) is 1.02. The van der Waals surface area contributed by atoms with Crippen molar-refractivity contribution in [2.45, 2.75) is 51.2 Å². The number of anilines is 1. The molecule has 1 aliphatic carbocycles. The number of carbonyl (C=O) groups is 1. The molecule has 4 rings (SSSR count). The predicted octanol–water partition coefficient (Wildman–Crippen LogP) is 3.84. The number of hydrogen-bond donors (Lipinski definition) is 2. The number of nitrogens with zero attached hydrogens (tertiary/aromatic N) is 3. The molecule has 0 aliphatic heterocycles. The molecule has 1 aliphatic rings. The fourth-order valence-corrected chi connectivity index (χ4v) is 3.40. The average Bonchev–Trinajstić information content (AvgIpc) is 2.93. The third-order valence-electron chi connectivity index (χ3n) is 5.20. The lowest BCUT2D eigenvalue weighted by atomic mass is 9.93. The minimum absolute atomic E-state index is 0.104. The Bertz CT molecular complexity index is 1080. The molecule has 0 atom stereocenters. The van der Waals surface area contributed by atoms with E-state index in [9.17, 15) is 18.7 Å². The molecular weight excluding hydrogens is 378 g/mol. The molecule has 29 heavy (non-hydrogen) atoms. The number of rotatable bonds is 5. The number of imidazole rings is 1. The Labute approximate surface area is 166 Å². The van der Waals surface area contributed by atoms with Crippen molar-refractivity contribution >= 4 is 23.0 Å². The first-order valence-corrected chi connectivity index (χ1v) is 9.58. The van der Waals surface area contributed by atoms with Crippen LogP contribution >= 0.6 is 0 Å². The van der Waals surface area contributed by atoms with Crippen molar-refractivity contribution in [3.63, 3.8) is 0 Å². The SMILES string of the molecule is CC(C)(O)c1ccc2nc(NC(=O)Cc3ccc(F)c(F)c3)n(C3CCC3)c2n1. The van der Waals surface area contributed by atoms with Gasteiger partial charge in [0.15, 0.2) is 17.3 Å². The van der Waals surface area contributed by atoms with Gasteiger partial charge < -0.3 is 5.11 Å². The standard InChI is InChI=1S/C21H22F2N4O2/c1-21(2,29)17-9-8-16-19(25-17)27(13-4-3-5-13)20(24-16)26-18(28)11-12-6-7-14(22)15(23)10-12/h6-10,13,29H,3-5,11H2,1-2H3,(H,24,26,28). The molecule has 1 aromatic carbocycles. The number of nitrogens with one attached hydrogen (secondary N) is 1. The zero-order valence-electron chi connectivity index (χ0n) is 16.2. The van der Waals surface area contributed by atoms with Gasteiger partial charge in [-0.15, -0.1) is 0 Å². The van der Waals surface area contributed by atoms with Gasteiger partial charge in [0.2, 0.25) is 11.9 Å². The zero-order chi connectivity index (χ0) is 20.8.